The monoisotopic (exact) mass is 378 g/mol. The molecule has 0 saturated heterocycles. The molecule has 0 aliphatic carbocycles. The van der Waals surface area contributed by atoms with Crippen molar-refractivity contribution in [2.24, 2.45) is 10.2 Å². The normalized spacial score (nSPS) is 19.3. The largest absolute Gasteiger partial charge is 1.00 e. The number of rotatable bonds is 4. The number of likely N-dealkylation sites (N-methyl/N-ethyl adjacent to an activating group) is 4. The second-order valence-electron chi connectivity index (χ2n) is 7.65. The molecule has 2 aliphatic rings. The summed E-state index contributed by atoms with van der Waals surface area (Å²) in [6.45, 7) is 12.8. The van der Waals surface area contributed by atoms with Crippen molar-refractivity contribution < 1.29 is 34.0 Å². The van der Waals surface area contributed by atoms with Crippen molar-refractivity contribution in [2.45, 2.75) is 38.8 Å². The SMILES string of the molecule is CN1CC[N+](C)=C1C(C)(C)N=NC(C)(C)C1=[N+](C)CCN1C.[Cl-].[Cl-]. The van der Waals surface area contributed by atoms with E-state index >= 15 is 0 Å². The Balaban J connectivity index is 0.00000264. The smallest absolute Gasteiger partial charge is 0.276 e. The van der Waals surface area contributed by atoms with E-state index in [-0.39, 0.29) is 35.9 Å². The van der Waals surface area contributed by atoms with Crippen LogP contribution in [0.1, 0.15) is 27.7 Å². The Labute approximate surface area is 159 Å². The van der Waals surface area contributed by atoms with Gasteiger partial charge in [-0.05, 0) is 27.7 Å². The van der Waals surface area contributed by atoms with Crippen molar-refractivity contribution in [3.8, 4) is 0 Å². The molecule has 0 N–H and O–H groups in total. The number of azo groups is 1. The van der Waals surface area contributed by atoms with E-state index in [2.05, 4.69) is 74.8 Å². The highest BCUT2D eigenvalue weighted by atomic mass is 35.5. The van der Waals surface area contributed by atoms with Gasteiger partial charge >= 0.3 is 0 Å². The first-order valence-electron chi connectivity index (χ1n) is 8.10. The maximum absolute atomic E-state index is 4.75. The first-order chi connectivity index (χ1) is 10.1. The summed E-state index contributed by atoms with van der Waals surface area (Å²) in [5, 5.41) is 9.51. The lowest BCUT2D eigenvalue weighted by molar-refractivity contribution is -0.489. The molecule has 8 heteroatoms. The van der Waals surface area contributed by atoms with Gasteiger partial charge in [0.1, 0.15) is 26.2 Å². The summed E-state index contributed by atoms with van der Waals surface area (Å²) in [6.07, 6.45) is 0. The van der Waals surface area contributed by atoms with Crippen LogP contribution >= 0.6 is 0 Å². The molecule has 0 aromatic heterocycles. The molecule has 2 rings (SSSR count). The molecule has 0 atom stereocenters. The van der Waals surface area contributed by atoms with Crippen molar-refractivity contribution in [3.63, 3.8) is 0 Å². The molecule has 0 saturated carbocycles. The van der Waals surface area contributed by atoms with E-state index in [1.54, 1.807) is 0 Å². The van der Waals surface area contributed by atoms with E-state index in [9.17, 15) is 0 Å². The van der Waals surface area contributed by atoms with Crippen molar-refractivity contribution in [1.29, 1.82) is 0 Å². The van der Waals surface area contributed by atoms with E-state index in [0.29, 0.717) is 0 Å². The summed E-state index contributed by atoms with van der Waals surface area (Å²) >= 11 is 0. The van der Waals surface area contributed by atoms with Gasteiger partial charge in [-0.2, -0.15) is 10.2 Å². The van der Waals surface area contributed by atoms with Crippen LogP contribution in [-0.2, 0) is 0 Å². The molecule has 24 heavy (non-hydrogen) atoms. The lowest BCUT2D eigenvalue weighted by atomic mass is 10.0. The Morgan fingerprint density at radius 2 is 1.04 bits per heavy atom. The molecule has 0 aromatic rings. The third-order valence-corrected chi connectivity index (χ3v) is 4.63. The number of nitrogens with zero attached hydrogens (tertiary/aromatic N) is 6. The Bertz CT molecular complexity index is 503. The van der Waals surface area contributed by atoms with E-state index in [1.165, 1.54) is 11.7 Å². The number of amidine groups is 2. The van der Waals surface area contributed by atoms with Crippen LogP contribution in [0.4, 0.5) is 0 Å². The number of hydrogen-bond acceptors (Lipinski definition) is 4. The van der Waals surface area contributed by atoms with Crippen LogP contribution in [0.5, 0.6) is 0 Å². The molecule has 0 unspecified atom stereocenters. The van der Waals surface area contributed by atoms with Gasteiger partial charge in [0, 0.05) is 0 Å². The van der Waals surface area contributed by atoms with Gasteiger partial charge in [-0.15, -0.1) is 0 Å². The number of hydrogen-bond donors (Lipinski definition) is 0. The zero-order chi connectivity index (χ0) is 16.7. The van der Waals surface area contributed by atoms with Crippen LogP contribution in [-0.4, -0.2) is 96.1 Å². The third kappa shape index (κ3) is 4.39. The van der Waals surface area contributed by atoms with Crippen molar-refractivity contribution >= 4 is 11.7 Å². The standard InChI is InChI=1S/C16H32N6.2ClH/c1-15(2,13-19(5)9-10-20(13)6)17-18-16(3,4)14-21(7)11-12-22(14)8;;/h9-12H2,1-8H3;2*1H/q+2;;/p-2. The molecule has 140 valence electrons. The maximum Gasteiger partial charge on any atom is 0.276 e. The Hall–Kier alpha value is -0.880. The van der Waals surface area contributed by atoms with Gasteiger partial charge in [-0.25, -0.2) is 0 Å². The first kappa shape index (κ1) is 23.1. The molecule has 2 heterocycles. The van der Waals surface area contributed by atoms with Crippen LogP contribution < -0.4 is 24.8 Å². The topological polar surface area (TPSA) is 37.2 Å². The quantitative estimate of drug-likeness (QED) is 0.362. The fourth-order valence-electron chi connectivity index (χ4n) is 3.81. The van der Waals surface area contributed by atoms with E-state index < -0.39 is 0 Å². The Morgan fingerprint density at radius 1 is 0.750 bits per heavy atom. The van der Waals surface area contributed by atoms with E-state index in [4.69, 9.17) is 10.2 Å². The molecule has 0 amide bonds. The summed E-state index contributed by atoms with van der Waals surface area (Å²) in [5.74, 6) is 2.48. The average molecular weight is 379 g/mol. The third-order valence-electron chi connectivity index (χ3n) is 4.63. The van der Waals surface area contributed by atoms with Gasteiger partial charge in [0.2, 0.25) is 0 Å². The molecule has 0 spiro atoms. The van der Waals surface area contributed by atoms with Crippen molar-refractivity contribution in [3.05, 3.63) is 0 Å². The highest BCUT2D eigenvalue weighted by molar-refractivity contribution is 5.88. The Morgan fingerprint density at radius 3 is 1.25 bits per heavy atom. The summed E-state index contributed by atoms with van der Waals surface area (Å²) < 4.78 is 4.57. The Kier molecular flexibility index (Phi) is 7.71. The lowest BCUT2D eigenvalue weighted by Gasteiger charge is -2.24. The fraction of sp³-hybridized carbons (Fsp3) is 0.875. The van der Waals surface area contributed by atoms with Gasteiger partial charge in [0.15, 0.2) is 11.1 Å². The van der Waals surface area contributed by atoms with E-state index in [0.717, 1.165) is 26.2 Å². The summed E-state index contributed by atoms with van der Waals surface area (Å²) in [7, 11) is 8.53. The predicted molar refractivity (Wildman–Crippen MR) is 90.4 cm³/mol. The molecular formula is C16H32Cl2N6. The van der Waals surface area contributed by atoms with E-state index in [1.807, 2.05) is 0 Å². The fourth-order valence-corrected chi connectivity index (χ4v) is 3.81. The maximum atomic E-state index is 4.75. The molecule has 0 bridgehead atoms. The molecular weight excluding hydrogens is 347 g/mol. The van der Waals surface area contributed by atoms with Gasteiger partial charge in [-0.3, -0.25) is 19.0 Å². The lowest BCUT2D eigenvalue weighted by Crippen LogP contribution is -3.00. The van der Waals surface area contributed by atoms with Gasteiger partial charge in [0.25, 0.3) is 11.7 Å². The zero-order valence-electron chi connectivity index (χ0n) is 16.3. The summed E-state index contributed by atoms with van der Waals surface area (Å²) in [4.78, 5) is 4.57. The number of halogens is 2. The van der Waals surface area contributed by atoms with Crippen molar-refractivity contribution in [1.82, 2.24) is 9.80 Å². The van der Waals surface area contributed by atoms with Gasteiger partial charge in [-0.1, -0.05) is 0 Å². The second-order valence-corrected chi connectivity index (χ2v) is 7.65. The molecule has 0 fully saturated rings. The summed E-state index contributed by atoms with van der Waals surface area (Å²) in [6, 6.07) is 0. The van der Waals surface area contributed by atoms with Crippen LogP contribution in [0.2, 0.25) is 0 Å². The minimum absolute atomic E-state index is 0. The molecule has 0 radical (unpaired) electrons. The molecule has 2 aliphatic heterocycles. The van der Waals surface area contributed by atoms with Gasteiger partial charge < -0.3 is 24.8 Å². The average Bonchev–Trinajstić information content (AvgIpc) is 2.91. The first-order valence-corrected chi connectivity index (χ1v) is 8.10. The zero-order valence-corrected chi connectivity index (χ0v) is 17.8. The van der Waals surface area contributed by atoms with Crippen LogP contribution in [0.3, 0.4) is 0 Å². The van der Waals surface area contributed by atoms with Crippen LogP contribution in [0, 0.1) is 0 Å². The predicted octanol–water partition coefficient (Wildman–Crippen LogP) is -5.02. The van der Waals surface area contributed by atoms with Crippen LogP contribution in [0.25, 0.3) is 0 Å². The minimum Gasteiger partial charge on any atom is -1.00 e. The molecule has 0 aromatic carbocycles. The van der Waals surface area contributed by atoms with Crippen molar-refractivity contribution in [2.75, 3.05) is 54.4 Å². The van der Waals surface area contributed by atoms with Gasteiger partial charge in [0.05, 0.1) is 28.2 Å². The molecule has 6 nitrogen and oxygen atoms in total. The summed E-state index contributed by atoms with van der Waals surface area (Å²) in [5.41, 5.74) is -0.624. The van der Waals surface area contributed by atoms with Crippen LogP contribution in [0.15, 0.2) is 10.2 Å². The second kappa shape index (κ2) is 8.00. The highest BCUT2D eigenvalue weighted by Crippen LogP contribution is 2.23. The highest BCUT2D eigenvalue weighted by Gasteiger charge is 2.43. The minimum atomic E-state index is -0.312.